The Bertz CT molecular complexity index is 1960. The summed E-state index contributed by atoms with van der Waals surface area (Å²) >= 11 is 0. The van der Waals surface area contributed by atoms with Crippen LogP contribution in [-0.2, 0) is 34.8 Å². The number of ketones is 1. The maximum Gasteiger partial charge on any atom is 0.287 e. The molecular weight excluding hydrogens is 793 g/mol. The molecule has 3 aliphatic heterocycles. The van der Waals surface area contributed by atoms with Crippen LogP contribution in [0.5, 0.6) is 0 Å². The fourth-order valence-corrected chi connectivity index (χ4v) is 11.8. The molecule has 320 valence electrons. The van der Waals surface area contributed by atoms with E-state index in [0.29, 0.717) is 18.8 Å². The lowest BCUT2D eigenvalue weighted by atomic mass is 9.84. The summed E-state index contributed by atoms with van der Waals surface area (Å²) in [6.07, 6.45) is 8.21. The molecule has 4 fully saturated rings. The van der Waals surface area contributed by atoms with Gasteiger partial charge < -0.3 is 26.4 Å². The van der Waals surface area contributed by atoms with Gasteiger partial charge in [0.25, 0.3) is 11.8 Å². The smallest absolute Gasteiger partial charge is 0.287 e. The summed E-state index contributed by atoms with van der Waals surface area (Å²) in [5.41, 5.74) is 2.64. The van der Waals surface area contributed by atoms with Crippen molar-refractivity contribution >= 4 is 50.0 Å². The Morgan fingerprint density at radius 2 is 1.60 bits per heavy atom. The molecule has 6 rings (SSSR count). The summed E-state index contributed by atoms with van der Waals surface area (Å²) in [6.45, 7) is 3.85. The molecule has 1 aromatic heterocycles. The van der Waals surface area contributed by atoms with Gasteiger partial charge in [-0.15, -0.1) is 5.10 Å². The van der Waals surface area contributed by atoms with E-state index in [1.54, 1.807) is 13.8 Å². The van der Waals surface area contributed by atoms with Gasteiger partial charge in [0, 0.05) is 43.1 Å². The highest BCUT2D eigenvalue weighted by Crippen LogP contribution is 2.47. The first-order valence-electron chi connectivity index (χ1n) is 20.1. The zero-order valence-corrected chi connectivity index (χ0v) is 34.7. The third kappa shape index (κ3) is 9.57. The number of piperidine rings is 1. The van der Waals surface area contributed by atoms with Crippen molar-refractivity contribution in [3.63, 3.8) is 0 Å². The number of carbonyl (C=O) groups is 5. The topological polar surface area (TPSA) is 267 Å². The number of benzene rings is 1. The van der Waals surface area contributed by atoms with Gasteiger partial charge in [0.1, 0.15) is 23.2 Å². The number of Topliss-reactive ketones (excluding diaryl/α,β-unsaturated/α-hetero) is 1. The summed E-state index contributed by atoms with van der Waals surface area (Å²) in [5.74, 6) is -4.80. The molecule has 7 N–H and O–H groups in total. The van der Waals surface area contributed by atoms with Crippen molar-refractivity contribution in [1.29, 1.82) is 0 Å². The largest absolute Gasteiger partial charge is 0.384 e. The number of likely N-dealkylation sites (tertiary alicyclic amines) is 1. The number of rotatable bonds is 13. The number of hydrogen-bond donors (Lipinski definition) is 6. The first kappa shape index (κ1) is 43.6. The number of hydrogen-bond acceptors (Lipinski definition) is 12. The lowest BCUT2D eigenvalue weighted by molar-refractivity contribution is -0.145. The van der Waals surface area contributed by atoms with E-state index in [9.17, 15) is 46.6 Å². The van der Waals surface area contributed by atoms with Gasteiger partial charge in [-0.2, -0.15) is 14.9 Å². The Hall–Kier alpha value is -3.95. The molecular formula is C38H56N8O10S2. The van der Waals surface area contributed by atoms with Crippen molar-refractivity contribution in [2.45, 2.75) is 125 Å². The van der Waals surface area contributed by atoms with Crippen LogP contribution < -0.4 is 16.4 Å². The average molecular weight is 849 g/mol. The molecule has 1 unspecified atom stereocenters. The van der Waals surface area contributed by atoms with Crippen LogP contribution in [0.15, 0.2) is 35.4 Å². The van der Waals surface area contributed by atoms with E-state index >= 15 is 0 Å². The van der Waals surface area contributed by atoms with E-state index in [0.717, 1.165) is 51.4 Å². The van der Waals surface area contributed by atoms with E-state index in [2.05, 4.69) is 20.9 Å². The van der Waals surface area contributed by atoms with Gasteiger partial charge in [0.2, 0.25) is 27.6 Å². The minimum atomic E-state index is -3.75. The molecule has 2 aromatic rings. The summed E-state index contributed by atoms with van der Waals surface area (Å²) in [7, 11) is -6.81. The summed E-state index contributed by atoms with van der Waals surface area (Å²) in [6, 6.07) is 2.52. The fourth-order valence-electron chi connectivity index (χ4n) is 8.75. The first-order valence-corrected chi connectivity index (χ1v) is 23.4. The summed E-state index contributed by atoms with van der Waals surface area (Å²) < 4.78 is 50.1. The number of aliphatic hydroxyl groups is 1. The van der Waals surface area contributed by atoms with Gasteiger partial charge in [-0.1, -0.05) is 43.7 Å². The number of nitrogens with one attached hydrogen (secondary N) is 2. The average Bonchev–Trinajstić information content (AvgIpc) is 3.88. The Balaban J connectivity index is 1.30. The second kappa shape index (κ2) is 17.3. The van der Waals surface area contributed by atoms with Gasteiger partial charge in [0.15, 0.2) is 0 Å². The van der Waals surface area contributed by atoms with Crippen molar-refractivity contribution in [2.24, 2.45) is 11.7 Å². The van der Waals surface area contributed by atoms with Gasteiger partial charge in [0.05, 0.1) is 22.8 Å². The van der Waals surface area contributed by atoms with Gasteiger partial charge in [-0.05, 0) is 76.1 Å². The number of aromatic nitrogens is 3. The van der Waals surface area contributed by atoms with Crippen LogP contribution in [0.3, 0.4) is 0 Å². The SMILES string of the molecule is CC(C)(O)c1cnnn1[C@H]1C[C@@H](C(=O)NC2(C(=O)C(N)=O)CCS(O)(O)CC2)N(C(=O)C(CC2CCCCC2)NC(=O)c2ccc(S(=O)(=O)N3CCCCC3)cc2)C1. The molecule has 0 bridgehead atoms. The highest BCUT2D eigenvalue weighted by Gasteiger charge is 2.51. The van der Waals surface area contributed by atoms with E-state index in [-0.39, 0.29) is 60.1 Å². The number of primary amides is 1. The number of sulfonamides is 1. The van der Waals surface area contributed by atoms with E-state index < -0.39 is 79.3 Å². The Morgan fingerprint density at radius 1 is 0.983 bits per heavy atom. The van der Waals surface area contributed by atoms with Gasteiger partial charge in [-0.3, -0.25) is 33.1 Å². The Morgan fingerprint density at radius 3 is 2.21 bits per heavy atom. The van der Waals surface area contributed by atoms with E-state index in [1.165, 1.54) is 44.3 Å². The van der Waals surface area contributed by atoms with Gasteiger partial charge >= 0.3 is 0 Å². The molecule has 4 amide bonds. The normalized spacial score (nSPS) is 24.1. The predicted octanol–water partition coefficient (Wildman–Crippen LogP) is 2.04. The highest BCUT2D eigenvalue weighted by atomic mass is 32.3. The number of nitrogens with zero attached hydrogens (tertiary/aromatic N) is 5. The minimum Gasteiger partial charge on any atom is -0.384 e. The molecule has 18 nitrogen and oxygen atoms in total. The lowest BCUT2D eigenvalue weighted by Gasteiger charge is -2.45. The number of carbonyl (C=O) groups excluding carboxylic acids is 5. The van der Waals surface area contributed by atoms with Crippen LogP contribution in [0.4, 0.5) is 0 Å². The molecule has 0 radical (unpaired) electrons. The van der Waals surface area contributed by atoms with Crippen molar-refractivity contribution in [1.82, 2.24) is 34.8 Å². The van der Waals surface area contributed by atoms with Crippen molar-refractivity contribution < 1.29 is 46.6 Å². The van der Waals surface area contributed by atoms with Crippen LogP contribution >= 0.6 is 10.6 Å². The van der Waals surface area contributed by atoms with E-state index in [1.807, 2.05) is 0 Å². The molecule has 3 saturated heterocycles. The predicted molar refractivity (Wildman–Crippen MR) is 213 cm³/mol. The molecule has 58 heavy (non-hydrogen) atoms. The quantitative estimate of drug-likeness (QED) is 0.158. The number of nitrogens with two attached hydrogens (primary N) is 1. The third-order valence-electron chi connectivity index (χ3n) is 12.1. The number of amides is 4. The van der Waals surface area contributed by atoms with Crippen molar-refractivity contribution in [2.75, 3.05) is 31.1 Å². The second-order valence-corrected chi connectivity index (χ2v) is 21.1. The zero-order chi connectivity index (χ0) is 42.0. The third-order valence-corrected chi connectivity index (χ3v) is 15.7. The maximum absolute atomic E-state index is 14.9. The molecule has 0 spiro atoms. The summed E-state index contributed by atoms with van der Waals surface area (Å²) in [5, 5.41) is 24.7. The van der Waals surface area contributed by atoms with Crippen LogP contribution in [0, 0.1) is 5.92 Å². The van der Waals surface area contributed by atoms with E-state index in [4.69, 9.17) is 5.73 Å². The highest BCUT2D eigenvalue weighted by molar-refractivity contribution is 8.24. The van der Waals surface area contributed by atoms with Crippen LogP contribution in [0.25, 0.3) is 0 Å². The minimum absolute atomic E-state index is 0.0446. The van der Waals surface area contributed by atoms with Crippen LogP contribution in [0.2, 0.25) is 0 Å². The molecule has 1 aromatic carbocycles. The molecule has 4 heterocycles. The zero-order valence-electron chi connectivity index (χ0n) is 33.0. The maximum atomic E-state index is 14.9. The lowest BCUT2D eigenvalue weighted by Crippen LogP contribution is -2.64. The van der Waals surface area contributed by atoms with Crippen LogP contribution in [-0.4, -0.2) is 125 Å². The van der Waals surface area contributed by atoms with Crippen LogP contribution in [0.1, 0.15) is 113 Å². The molecule has 3 atom stereocenters. The van der Waals surface area contributed by atoms with Gasteiger partial charge in [-0.25, -0.2) is 13.1 Å². The monoisotopic (exact) mass is 848 g/mol. The second-order valence-electron chi connectivity index (χ2n) is 16.7. The Kier molecular flexibility index (Phi) is 13.0. The van der Waals surface area contributed by atoms with Crippen molar-refractivity contribution in [3.05, 3.63) is 41.7 Å². The molecule has 20 heteroatoms. The summed E-state index contributed by atoms with van der Waals surface area (Å²) in [4.78, 5) is 70.2. The Labute approximate surface area is 340 Å². The molecule has 1 saturated carbocycles. The fraction of sp³-hybridized carbons (Fsp3) is 0.658. The standard InChI is InChI=1S/C38H56N8O10S2/c1-37(2,52)31-23-40-43-46(31)27-22-30(35(50)42-38(32(47)33(39)48)15-19-57(53,54)20-16-38)45(24-27)36(51)29(21-25-9-5-3-6-10-25)41-34(49)26-11-13-28(14-12-26)58(55,56)44-17-7-4-8-18-44/h11-14,23,25,27,29-30,52-54H,3-10,15-22,24H2,1-2H3,(H2,39,48)(H,41,49)(H,42,50)/t27-,29?,30-/m0/s1. The molecule has 1 aliphatic carbocycles. The van der Waals surface area contributed by atoms with Crippen molar-refractivity contribution in [3.8, 4) is 0 Å². The first-order chi connectivity index (χ1) is 27.3. The molecule has 4 aliphatic rings.